The third-order valence-corrected chi connectivity index (χ3v) is 3.51. The molecular weight excluding hydrogens is 246 g/mol. The lowest BCUT2D eigenvalue weighted by Crippen LogP contribution is -2.09. The molecule has 82 valence electrons. The molecule has 0 saturated carbocycles. The second-order valence-electron chi connectivity index (χ2n) is 2.83. The predicted molar refractivity (Wildman–Crippen MR) is 62.9 cm³/mol. The quantitative estimate of drug-likeness (QED) is 0.870. The number of carbonyl (C=O) groups is 2. The molecule has 0 aliphatic carbocycles. The molecule has 0 fully saturated rings. The van der Waals surface area contributed by atoms with E-state index in [-0.39, 0.29) is 5.91 Å². The van der Waals surface area contributed by atoms with Crippen LogP contribution in [0.2, 0.25) is 0 Å². The molecule has 2 aromatic rings. The van der Waals surface area contributed by atoms with E-state index in [2.05, 4.69) is 10.3 Å². The minimum Gasteiger partial charge on any atom is -0.365 e. The Morgan fingerprint density at radius 1 is 1.38 bits per heavy atom. The Morgan fingerprint density at radius 2 is 2.19 bits per heavy atom. The molecule has 2 heterocycles. The summed E-state index contributed by atoms with van der Waals surface area (Å²) >= 11 is 2.39. The summed E-state index contributed by atoms with van der Waals surface area (Å²) in [6.45, 7) is 0. The summed E-state index contributed by atoms with van der Waals surface area (Å²) in [4.78, 5) is 27.2. The van der Waals surface area contributed by atoms with E-state index >= 15 is 0 Å². The molecule has 3 N–H and O–H groups in total. The maximum absolute atomic E-state index is 11.6. The molecule has 0 saturated heterocycles. The first-order valence-electron chi connectivity index (χ1n) is 4.27. The summed E-state index contributed by atoms with van der Waals surface area (Å²) in [5.41, 5.74) is 5.07. The standard InChI is InChI=1S/C9H7N3O2S2/c10-7(13)6-4-11-9(16-6)12-8(14)5-2-1-3-15-5/h1-4H,(H2,10,13)(H,11,12,14). The van der Waals surface area contributed by atoms with Crippen LogP contribution in [0.25, 0.3) is 0 Å². The van der Waals surface area contributed by atoms with E-state index in [1.807, 2.05) is 5.38 Å². The van der Waals surface area contributed by atoms with Crippen molar-refractivity contribution in [3.05, 3.63) is 33.5 Å². The zero-order chi connectivity index (χ0) is 11.5. The number of hydrogen-bond acceptors (Lipinski definition) is 5. The maximum atomic E-state index is 11.6. The van der Waals surface area contributed by atoms with Crippen LogP contribution in [-0.4, -0.2) is 16.8 Å². The topological polar surface area (TPSA) is 85.1 Å². The molecule has 0 unspecified atom stereocenters. The van der Waals surface area contributed by atoms with Crippen LogP contribution < -0.4 is 11.1 Å². The summed E-state index contributed by atoms with van der Waals surface area (Å²) in [5, 5.41) is 4.77. The van der Waals surface area contributed by atoms with Gasteiger partial charge in [-0.25, -0.2) is 4.98 Å². The summed E-state index contributed by atoms with van der Waals surface area (Å²) in [7, 11) is 0. The number of nitrogens with two attached hydrogens (primary N) is 1. The van der Waals surface area contributed by atoms with E-state index < -0.39 is 5.91 Å². The fourth-order valence-corrected chi connectivity index (χ4v) is 2.29. The number of aromatic nitrogens is 1. The zero-order valence-electron chi connectivity index (χ0n) is 7.97. The van der Waals surface area contributed by atoms with Crippen LogP contribution >= 0.6 is 22.7 Å². The highest BCUT2D eigenvalue weighted by molar-refractivity contribution is 7.17. The second-order valence-corrected chi connectivity index (χ2v) is 4.80. The number of nitrogens with zero attached hydrogens (tertiary/aromatic N) is 1. The summed E-state index contributed by atoms with van der Waals surface area (Å²) in [6, 6.07) is 3.50. The van der Waals surface area contributed by atoms with Crippen molar-refractivity contribution in [2.24, 2.45) is 5.73 Å². The predicted octanol–water partition coefficient (Wildman–Crippen LogP) is 1.56. The highest BCUT2D eigenvalue weighted by Crippen LogP contribution is 2.19. The van der Waals surface area contributed by atoms with Crippen molar-refractivity contribution < 1.29 is 9.59 Å². The van der Waals surface area contributed by atoms with Gasteiger partial charge in [-0.3, -0.25) is 14.9 Å². The van der Waals surface area contributed by atoms with Crippen molar-refractivity contribution in [3.8, 4) is 0 Å². The third-order valence-electron chi connectivity index (χ3n) is 1.71. The van der Waals surface area contributed by atoms with Crippen LogP contribution in [0.15, 0.2) is 23.7 Å². The summed E-state index contributed by atoms with van der Waals surface area (Å²) in [6.07, 6.45) is 1.34. The van der Waals surface area contributed by atoms with Crippen molar-refractivity contribution in [2.45, 2.75) is 0 Å². The molecule has 0 aromatic carbocycles. The van der Waals surface area contributed by atoms with E-state index in [4.69, 9.17) is 5.73 Å². The van der Waals surface area contributed by atoms with E-state index in [0.29, 0.717) is 14.9 Å². The Balaban J connectivity index is 2.09. The minimum atomic E-state index is -0.547. The van der Waals surface area contributed by atoms with Gasteiger partial charge in [0.2, 0.25) is 0 Å². The van der Waals surface area contributed by atoms with Gasteiger partial charge in [-0.1, -0.05) is 17.4 Å². The molecule has 0 aliphatic heterocycles. The third kappa shape index (κ3) is 2.26. The molecule has 5 nitrogen and oxygen atoms in total. The molecule has 0 atom stereocenters. The van der Waals surface area contributed by atoms with Crippen LogP contribution in [0.3, 0.4) is 0 Å². The molecule has 2 aromatic heterocycles. The number of nitrogens with one attached hydrogen (secondary N) is 1. The Bertz CT molecular complexity index is 519. The molecular formula is C9H7N3O2S2. The lowest BCUT2D eigenvalue weighted by atomic mass is 10.4. The van der Waals surface area contributed by atoms with Crippen LogP contribution in [0.5, 0.6) is 0 Å². The number of hydrogen-bond donors (Lipinski definition) is 2. The van der Waals surface area contributed by atoms with Crippen molar-refractivity contribution >= 4 is 39.6 Å². The highest BCUT2D eigenvalue weighted by Gasteiger charge is 2.11. The number of thiazole rings is 1. The first kappa shape index (κ1) is 10.8. The summed E-state index contributed by atoms with van der Waals surface area (Å²) < 4.78 is 0. The number of amides is 2. The lowest BCUT2D eigenvalue weighted by molar-refractivity contribution is 0.100. The van der Waals surface area contributed by atoms with Gasteiger partial charge in [-0.05, 0) is 11.4 Å². The average Bonchev–Trinajstić information content (AvgIpc) is 2.87. The van der Waals surface area contributed by atoms with Gasteiger partial charge in [0.1, 0.15) is 4.88 Å². The molecule has 16 heavy (non-hydrogen) atoms. The fourth-order valence-electron chi connectivity index (χ4n) is 1.01. The number of rotatable bonds is 3. The number of primary amides is 1. The van der Waals surface area contributed by atoms with Gasteiger partial charge in [-0.2, -0.15) is 0 Å². The van der Waals surface area contributed by atoms with E-state index in [1.54, 1.807) is 12.1 Å². The number of thiophene rings is 1. The van der Waals surface area contributed by atoms with E-state index in [1.165, 1.54) is 17.5 Å². The smallest absolute Gasteiger partial charge is 0.267 e. The van der Waals surface area contributed by atoms with Crippen molar-refractivity contribution in [1.29, 1.82) is 0 Å². The first-order chi connectivity index (χ1) is 7.66. The maximum Gasteiger partial charge on any atom is 0.267 e. The Kier molecular flexibility index (Phi) is 2.97. The van der Waals surface area contributed by atoms with Crippen molar-refractivity contribution in [3.63, 3.8) is 0 Å². The van der Waals surface area contributed by atoms with Crippen LogP contribution in [0, 0.1) is 0 Å². The van der Waals surface area contributed by atoms with Crippen molar-refractivity contribution in [1.82, 2.24) is 4.98 Å². The van der Waals surface area contributed by atoms with E-state index in [9.17, 15) is 9.59 Å². The lowest BCUT2D eigenvalue weighted by Gasteiger charge is -1.96. The molecule has 0 aliphatic rings. The van der Waals surface area contributed by atoms with Gasteiger partial charge in [0.05, 0.1) is 11.1 Å². The van der Waals surface area contributed by atoms with Crippen LogP contribution in [0.1, 0.15) is 19.3 Å². The van der Waals surface area contributed by atoms with Gasteiger partial charge in [0, 0.05) is 0 Å². The molecule has 0 bridgehead atoms. The summed E-state index contributed by atoms with van der Waals surface area (Å²) in [5.74, 6) is -0.783. The molecule has 0 radical (unpaired) electrons. The number of anilines is 1. The van der Waals surface area contributed by atoms with E-state index in [0.717, 1.165) is 11.3 Å². The monoisotopic (exact) mass is 253 g/mol. The Hall–Kier alpha value is -1.73. The second kappa shape index (κ2) is 4.42. The Labute approximate surface area is 98.9 Å². The SMILES string of the molecule is NC(=O)c1cnc(NC(=O)c2cccs2)s1. The van der Waals surface area contributed by atoms with Crippen molar-refractivity contribution in [2.75, 3.05) is 5.32 Å². The highest BCUT2D eigenvalue weighted by atomic mass is 32.1. The minimum absolute atomic E-state index is 0.236. The van der Waals surface area contributed by atoms with Gasteiger partial charge in [0.15, 0.2) is 5.13 Å². The molecule has 2 amide bonds. The normalized spacial score (nSPS) is 10.0. The zero-order valence-corrected chi connectivity index (χ0v) is 9.60. The van der Waals surface area contributed by atoms with Gasteiger partial charge >= 0.3 is 0 Å². The van der Waals surface area contributed by atoms with Gasteiger partial charge in [-0.15, -0.1) is 11.3 Å². The van der Waals surface area contributed by atoms with Crippen LogP contribution in [-0.2, 0) is 0 Å². The number of carbonyl (C=O) groups excluding carboxylic acids is 2. The molecule has 0 spiro atoms. The van der Waals surface area contributed by atoms with Crippen LogP contribution in [0.4, 0.5) is 5.13 Å². The van der Waals surface area contributed by atoms with Gasteiger partial charge in [0.25, 0.3) is 11.8 Å². The van der Waals surface area contributed by atoms with Gasteiger partial charge < -0.3 is 5.73 Å². The Morgan fingerprint density at radius 3 is 2.75 bits per heavy atom. The molecule has 7 heteroatoms. The fraction of sp³-hybridized carbons (Fsp3) is 0. The largest absolute Gasteiger partial charge is 0.365 e. The molecule has 2 rings (SSSR count). The first-order valence-corrected chi connectivity index (χ1v) is 5.97. The average molecular weight is 253 g/mol.